The summed E-state index contributed by atoms with van der Waals surface area (Å²) < 4.78 is 34.5. The number of ether oxygens (including phenoxy) is 2. The summed E-state index contributed by atoms with van der Waals surface area (Å²) in [5.41, 5.74) is 0. The van der Waals surface area contributed by atoms with Crippen molar-refractivity contribution in [3.8, 4) is 5.75 Å². The number of benzene rings is 1. The van der Waals surface area contributed by atoms with Gasteiger partial charge in [0.1, 0.15) is 10.5 Å². The number of hydrogen-bond acceptors (Lipinski definition) is 4. The van der Waals surface area contributed by atoms with E-state index in [1.165, 1.54) is 0 Å². The van der Waals surface area contributed by atoms with Gasteiger partial charge in [-0.15, -0.1) is 0 Å². The molecular weight excluding hydrogens is 264 g/mol. The van der Waals surface area contributed by atoms with Crippen molar-refractivity contribution < 1.29 is 17.9 Å². The Kier molecular flexibility index (Phi) is 4.16. The molecule has 1 fully saturated rings. The molecule has 1 aliphatic heterocycles. The van der Waals surface area contributed by atoms with Crippen molar-refractivity contribution >= 4 is 9.84 Å². The number of rotatable bonds is 6. The van der Waals surface area contributed by atoms with E-state index in [0.29, 0.717) is 17.3 Å². The zero-order valence-corrected chi connectivity index (χ0v) is 12.2. The quantitative estimate of drug-likeness (QED) is 0.753. The summed E-state index contributed by atoms with van der Waals surface area (Å²) in [4.78, 5) is 0.334. The van der Waals surface area contributed by atoms with Crippen LogP contribution in [0, 0.1) is 0 Å². The van der Waals surface area contributed by atoms with E-state index < -0.39 is 14.6 Å². The molecule has 5 heteroatoms. The van der Waals surface area contributed by atoms with E-state index in [9.17, 15) is 8.42 Å². The third-order valence-electron chi connectivity index (χ3n) is 3.36. The minimum absolute atomic E-state index is 0.268. The molecule has 4 nitrogen and oxygen atoms in total. The summed E-state index contributed by atoms with van der Waals surface area (Å²) in [6.45, 7) is 5.01. The molecule has 2 rings (SSSR count). The topological polar surface area (TPSA) is 52.6 Å². The highest BCUT2D eigenvalue weighted by atomic mass is 32.2. The minimum atomic E-state index is -3.32. The average molecular weight is 284 g/mol. The molecule has 0 aromatic heterocycles. The fourth-order valence-corrected chi connectivity index (χ4v) is 3.42. The molecule has 0 spiro atoms. The van der Waals surface area contributed by atoms with Crippen molar-refractivity contribution in [1.82, 2.24) is 0 Å². The van der Waals surface area contributed by atoms with Crippen LogP contribution in [0.2, 0.25) is 0 Å². The van der Waals surface area contributed by atoms with Gasteiger partial charge in [-0.3, -0.25) is 0 Å². The van der Waals surface area contributed by atoms with E-state index in [4.69, 9.17) is 9.47 Å². The Morgan fingerprint density at radius 2 is 1.89 bits per heavy atom. The monoisotopic (exact) mass is 284 g/mol. The predicted molar refractivity (Wildman–Crippen MR) is 73.3 cm³/mol. The fourth-order valence-electron chi connectivity index (χ4n) is 1.88. The Balaban J connectivity index is 2.10. The SMILES string of the molecule is CCCCOc1ccc(S(=O)(=O)C2(C)COC2)cc1. The van der Waals surface area contributed by atoms with Crippen LogP contribution in [-0.4, -0.2) is 33.0 Å². The molecule has 1 aliphatic rings. The van der Waals surface area contributed by atoms with Crippen LogP contribution in [0.4, 0.5) is 0 Å². The first-order valence-electron chi connectivity index (χ1n) is 6.55. The molecular formula is C14H20O4S. The normalized spacial score (nSPS) is 17.8. The summed E-state index contributed by atoms with van der Waals surface area (Å²) in [5, 5.41) is 0. The van der Waals surface area contributed by atoms with Crippen molar-refractivity contribution in [2.75, 3.05) is 19.8 Å². The maximum absolute atomic E-state index is 12.4. The van der Waals surface area contributed by atoms with E-state index in [1.54, 1.807) is 31.2 Å². The molecule has 0 unspecified atom stereocenters. The van der Waals surface area contributed by atoms with Crippen LogP contribution in [0.5, 0.6) is 5.75 Å². The Hall–Kier alpha value is -1.07. The summed E-state index contributed by atoms with van der Waals surface area (Å²) in [7, 11) is -3.32. The van der Waals surface area contributed by atoms with Gasteiger partial charge in [0.05, 0.1) is 24.7 Å². The number of sulfone groups is 1. The van der Waals surface area contributed by atoms with E-state index in [2.05, 4.69) is 6.92 Å². The molecule has 0 amide bonds. The molecule has 106 valence electrons. The Bertz CT molecular complexity index is 515. The second-order valence-electron chi connectivity index (χ2n) is 5.12. The first-order chi connectivity index (χ1) is 8.99. The van der Waals surface area contributed by atoms with Gasteiger partial charge in [-0.2, -0.15) is 0 Å². The summed E-state index contributed by atoms with van der Waals surface area (Å²) in [6, 6.07) is 6.65. The Morgan fingerprint density at radius 3 is 2.37 bits per heavy atom. The first-order valence-corrected chi connectivity index (χ1v) is 8.03. The van der Waals surface area contributed by atoms with E-state index in [0.717, 1.165) is 12.8 Å². The Labute approximate surface area is 114 Å². The second-order valence-corrected chi connectivity index (χ2v) is 7.58. The second kappa shape index (κ2) is 5.51. The molecule has 1 aromatic rings. The third-order valence-corrected chi connectivity index (χ3v) is 5.79. The van der Waals surface area contributed by atoms with Gasteiger partial charge in [0.2, 0.25) is 0 Å². The molecule has 19 heavy (non-hydrogen) atoms. The molecule has 1 saturated heterocycles. The smallest absolute Gasteiger partial charge is 0.188 e. The van der Waals surface area contributed by atoms with Crippen molar-refractivity contribution in [3.63, 3.8) is 0 Å². The lowest BCUT2D eigenvalue weighted by Gasteiger charge is -2.37. The van der Waals surface area contributed by atoms with Gasteiger partial charge in [0.25, 0.3) is 0 Å². The molecule has 1 heterocycles. The lowest BCUT2D eigenvalue weighted by molar-refractivity contribution is -0.00490. The standard InChI is InChI=1S/C14H20O4S/c1-3-4-9-18-12-5-7-13(8-6-12)19(15,16)14(2)10-17-11-14/h5-8H,3-4,9-11H2,1-2H3. The molecule has 0 atom stereocenters. The zero-order chi connectivity index (χ0) is 13.9. The largest absolute Gasteiger partial charge is 0.494 e. The van der Waals surface area contributed by atoms with Crippen LogP contribution in [0.3, 0.4) is 0 Å². The predicted octanol–water partition coefficient (Wildman–Crippen LogP) is 2.43. The molecule has 0 N–H and O–H groups in total. The van der Waals surface area contributed by atoms with Gasteiger partial charge in [-0.05, 0) is 37.6 Å². The van der Waals surface area contributed by atoms with Gasteiger partial charge in [-0.1, -0.05) is 13.3 Å². The van der Waals surface area contributed by atoms with E-state index in [-0.39, 0.29) is 13.2 Å². The van der Waals surface area contributed by atoms with Crippen LogP contribution in [0.15, 0.2) is 29.2 Å². The van der Waals surface area contributed by atoms with Gasteiger partial charge < -0.3 is 9.47 Å². The van der Waals surface area contributed by atoms with E-state index >= 15 is 0 Å². The minimum Gasteiger partial charge on any atom is -0.494 e. The van der Waals surface area contributed by atoms with Crippen LogP contribution < -0.4 is 4.74 Å². The van der Waals surface area contributed by atoms with Crippen LogP contribution >= 0.6 is 0 Å². The summed E-state index contributed by atoms with van der Waals surface area (Å²) >= 11 is 0. The molecule has 0 aliphatic carbocycles. The van der Waals surface area contributed by atoms with Crippen molar-refractivity contribution in [2.24, 2.45) is 0 Å². The van der Waals surface area contributed by atoms with Crippen LogP contribution in [0.1, 0.15) is 26.7 Å². The van der Waals surface area contributed by atoms with Gasteiger partial charge >= 0.3 is 0 Å². The average Bonchev–Trinajstić information content (AvgIpc) is 2.37. The summed E-state index contributed by atoms with van der Waals surface area (Å²) in [5.74, 6) is 0.711. The lowest BCUT2D eigenvalue weighted by atomic mass is 10.1. The highest BCUT2D eigenvalue weighted by Gasteiger charge is 2.46. The van der Waals surface area contributed by atoms with Crippen molar-refractivity contribution in [1.29, 1.82) is 0 Å². The fraction of sp³-hybridized carbons (Fsp3) is 0.571. The lowest BCUT2D eigenvalue weighted by Crippen LogP contribution is -2.53. The third kappa shape index (κ3) is 2.77. The molecule has 1 aromatic carbocycles. The molecule has 0 saturated carbocycles. The molecule has 0 bridgehead atoms. The van der Waals surface area contributed by atoms with Crippen molar-refractivity contribution in [2.45, 2.75) is 36.3 Å². The maximum Gasteiger partial charge on any atom is 0.188 e. The van der Waals surface area contributed by atoms with Gasteiger partial charge in [-0.25, -0.2) is 8.42 Å². The molecule has 0 radical (unpaired) electrons. The first kappa shape index (κ1) is 14.3. The zero-order valence-electron chi connectivity index (χ0n) is 11.4. The van der Waals surface area contributed by atoms with Crippen LogP contribution in [0.25, 0.3) is 0 Å². The van der Waals surface area contributed by atoms with Crippen LogP contribution in [-0.2, 0) is 14.6 Å². The highest BCUT2D eigenvalue weighted by Crippen LogP contribution is 2.32. The van der Waals surface area contributed by atoms with Gasteiger partial charge in [0.15, 0.2) is 9.84 Å². The number of hydrogen-bond donors (Lipinski definition) is 0. The van der Waals surface area contributed by atoms with Gasteiger partial charge in [0, 0.05) is 0 Å². The maximum atomic E-state index is 12.4. The number of unbranched alkanes of at least 4 members (excludes halogenated alkanes) is 1. The highest BCUT2D eigenvalue weighted by molar-refractivity contribution is 7.93. The van der Waals surface area contributed by atoms with E-state index in [1.807, 2.05) is 0 Å². The van der Waals surface area contributed by atoms with Crippen molar-refractivity contribution in [3.05, 3.63) is 24.3 Å². The Morgan fingerprint density at radius 1 is 1.26 bits per heavy atom. The summed E-state index contributed by atoms with van der Waals surface area (Å²) in [6.07, 6.45) is 2.07.